The minimum atomic E-state index is -0.422. The van der Waals surface area contributed by atoms with Crippen LogP contribution in [-0.2, 0) is 11.3 Å². The number of hydrogen-bond acceptors (Lipinski definition) is 4. The van der Waals surface area contributed by atoms with Crippen LogP contribution in [0.5, 0.6) is 0 Å². The van der Waals surface area contributed by atoms with Crippen molar-refractivity contribution in [2.75, 3.05) is 13.7 Å². The molecule has 0 bridgehead atoms. The Morgan fingerprint density at radius 2 is 2.00 bits per heavy atom. The maximum absolute atomic E-state index is 5.78. The minimum absolute atomic E-state index is 0. The summed E-state index contributed by atoms with van der Waals surface area (Å²) in [6, 6.07) is 0. The molecule has 1 unspecified atom stereocenters. The van der Waals surface area contributed by atoms with Crippen LogP contribution in [-0.4, -0.2) is 34.8 Å². The molecule has 0 saturated carbocycles. The zero-order valence-corrected chi connectivity index (χ0v) is 18.9. The van der Waals surface area contributed by atoms with Gasteiger partial charge in [-0.05, 0) is 25.7 Å². The molecule has 1 heterocycles. The van der Waals surface area contributed by atoms with Crippen molar-refractivity contribution in [1.82, 2.24) is 15.4 Å². The monoisotopic (exact) mass is 339 g/mol. The van der Waals surface area contributed by atoms with Gasteiger partial charge >= 0.3 is 51.4 Å². The molecule has 126 valence electrons. The summed E-state index contributed by atoms with van der Waals surface area (Å²) in [7, 11) is 1.74. The van der Waals surface area contributed by atoms with Crippen molar-refractivity contribution in [3.05, 3.63) is 17.2 Å². The fourth-order valence-electron chi connectivity index (χ4n) is 1.09. The topological polar surface area (TPSA) is 90.9 Å². The zero-order valence-electron chi connectivity index (χ0n) is 15.8. The average molecular weight is 340 g/mol. The van der Waals surface area contributed by atoms with E-state index in [0.29, 0.717) is 12.5 Å². The summed E-state index contributed by atoms with van der Waals surface area (Å²) in [5.74, 6) is 0.697. The smallest absolute Gasteiger partial charge is 0.660 e. The van der Waals surface area contributed by atoms with Gasteiger partial charge in [0.1, 0.15) is 5.72 Å². The average Bonchev–Trinajstić information content (AvgIpc) is 2.95. The van der Waals surface area contributed by atoms with Crippen molar-refractivity contribution in [1.29, 1.82) is 0 Å². The van der Waals surface area contributed by atoms with E-state index in [-0.39, 0.29) is 51.4 Å². The molecule has 1 atom stereocenters. The van der Waals surface area contributed by atoms with Gasteiger partial charge in [-0.15, -0.1) is 6.54 Å². The Balaban J connectivity index is -0.000000291. The number of hydrogen-bond donors (Lipinski definition) is 2. The van der Waals surface area contributed by atoms with Crippen molar-refractivity contribution in [3.63, 3.8) is 0 Å². The quantitative estimate of drug-likeness (QED) is 0.558. The van der Waals surface area contributed by atoms with Gasteiger partial charge in [0, 0.05) is 6.61 Å². The summed E-state index contributed by atoms with van der Waals surface area (Å²) in [6.45, 7) is 13.8. The Labute approximate surface area is 179 Å². The summed E-state index contributed by atoms with van der Waals surface area (Å²) in [5, 5.41) is 13.7. The molecule has 0 aliphatic carbocycles. The van der Waals surface area contributed by atoms with E-state index >= 15 is 0 Å². The fourth-order valence-corrected chi connectivity index (χ4v) is 1.09. The van der Waals surface area contributed by atoms with Crippen LogP contribution < -0.4 is 57.1 Å². The van der Waals surface area contributed by atoms with Gasteiger partial charge < -0.3 is 15.8 Å². The van der Waals surface area contributed by atoms with Gasteiger partial charge in [0.2, 0.25) is 0 Å². The van der Waals surface area contributed by atoms with E-state index in [1.165, 1.54) is 0 Å². The Morgan fingerprint density at radius 3 is 2.36 bits per heavy atom. The number of aromatic nitrogens is 3. The normalized spacial score (nSPS) is 12.2. The molecule has 7 heteroatoms. The number of nitrogens with one attached hydrogen (secondary N) is 1. The van der Waals surface area contributed by atoms with Crippen LogP contribution in [0.25, 0.3) is 5.32 Å². The van der Waals surface area contributed by atoms with E-state index in [1.54, 1.807) is 13.2 Å². The van der Waals surface area contributed by atoms with Gasteiger partial charge in [-0.2, -0.15) is 22.5 Å². The third-order valence-corrected chi connectivity index (χ3v) is 2.61. The van der Waals surface area contributed by atoms with Crippen LogP contribution in [0.4, 0.5) is 0 Å². The first kappa shape index (κ1) is 27.5. The first-order valence-corrected chi connectivity index (χ1v) is 7.74. The van der Waals surface area contributed by atoms with Crippen LogP contribution in [0.2, 0.25) is 0 Å². The van der Waals surface area contributed by atoms with E-state index in [0.717, 1.165) is 25.1 Å². The van der Waals surface area contributed by atoms with Gasteiger partial charge in [0.15, 0.2) is 0 Å². The largest absolute Gasteiger partial charge is 1.00 e. The Morgan fingerprint density at radius 1 is 1.41 bits per heavy atom. The number of ether oxygens (including phenoxy) is 1. The van der Waals surface area contributed by atoms with E-state index in [9.17, 15) is 0 Å². The first-order valence-electron chi connectivity index (χ1n) is 7.74. The Kier molecular flexibility index (Phi) is 22.5. The van der Waals surface area contributed by atoms with Gasteiger partial charge in [-0.25, -0.2) is 0 Å². The Hall–Kier alpha value is 0.656. The molecule has 0 radical (unpaired) electrons. The fraction of sp³-hybridized carbons (Fsp3) is 0.867. The van der Waals surface area contributed by atoms with Crippen LogP contribution in [0.15, 0.2) is 6.20 Å². The second-order valence-electron chi connectivity index (χ2n) is 5.13. The second kappa shape index (κ2) is 18.0. The molecule has 0 fully saturated rings. The molecular formula is C15H34KN5O. The van der Waals surface area contributed by atoms with Gasteiger partial charge in [-0.1, -0.05) is 34.6 Å². The standard InChI is InChI=1S/C9H21NO.C4H7N4.C2H6.K/c1-5-9(4,10)11-7-6-8(2)3;1-5-2-4-3-6-8-7-4;1-2;/h8H,5-7,10H2,1-4H3;3H,2H2,1H3,(H,6,7,8);1-2H3;/q;-1;;+1. The summed E-state index contributed by atoms with van der Waals surface area (Å²) in [6.07, 6.45) is 3.62. The van der Waals surface area contributed by atoms with Crippen LogP contribution in [0.1, 0.15) is 60.1 Å². The molecule has 0 aliphatic heterocycles. The molecular weight excluding hydrogens is 305 g/mol. The maximum atomic E-state index is 5.78. The molecule has 1 aromatic heterocycles. The summed E-state index contributed by atoms with van der Waals surface area (Å²) < 4.78 is 5.47. The third-order valence-electron chi connectivity index (χ3n) is 2.61. The molecule has 0 aliphatic rings. The molecule has 0 amide bonds. The molecule has 3 N–H and O–H groups in total. The summed E-state index contributed by atoms with van der Waals surface area (Å²) >= 11 is 0. The number of H-pyrrole nitrogens is 1. The molecule has 22 heavy (non-hydrogen) atoms. The molecule has 0 saturated heterocycles. The van der Waals surface area contributed by atoms with Crippen molar-refractivity contribution >= 4 is 0 Å². The Bertz CT molecular complexity index is 305. The van der Waals surface area contributed by atoms with Crippen molar-refractivity contribution in [2.45, 2.75) is 66.7 Å². The van der Waals surface area contributed by atoms with Crippen LogP contribution in [0, 0.1) is 5.92 Å². The van der Waals surface area contributed by atoms with Crippen molar-refractivity contribution in [3.8, 4) is 0 Å². The third kappa shape index (κ3) is 18.7. The minimum Gasteiger partial charge on any atom is -0.660 e. The second-order valence-corrected chi connectivity index (χ2v) is 5.13. The number of aromatic amines is 1. The number of nitrogens with two attached hydrogens (primary N) is 1. The van der Waals surface area contributed by atoms with E-state index in [2.05, 4.69) is 34.6 Å². The molecule has 0 aromatic carbocycles. The molecule has 1 rings (SSSR count). The van der Waals surface area contributed by atoms with Gasteiger partial charge in [-0.3, -0.25) is 0 Å². The van der Waals surface area contributed by atoms with Crippen molar-refractivity contribution < 1.29 is 56.1 Å². The van der Waals surface area contributed by atoms with Gasteiger partial charge in [0.25, 0.3) is 0 Å². The number of nitrogens with zero attached hydrogens (tertiary/aromatic N) is 3. The van der Waals surface area contributed by atoms with E-state index in [4.69, 9.17) is 10.5 Å². The van der Waals surface area contributed by atoms with Crippen LogP contribution in [0.3, 0.4) is 0 Å². The maximum Gasteiger partial charge on any atom is 1.00 e. The zero-order chi connectivity index (χ0) is 16.7. The predicted molar refractivity (Wildman–Crippen MR) is 89.0 cm³/mol. The van der Waals surface area contributed by atoms with Crippen molar-refractivity contribution in [2.24, 2.45) is 11.7 Å². The first-order chi connectivity index (χ1) is 9.91. The SMILES string of the molecule is CC.CCC(C)(N)OCCC(C)C.C[N-]Cc1cn[nH]n1.[K+]. The summed E-state index contributed by atoms with van der Waals surface area (Å²) in [5.41, 5.74) is 6.24. The molecule has 1 aromatic rings. The predicted octanol–water partition coefficient (Wildman–Crippen LogP) is 0.472. The van der Waals surface area contributed by atoms with E-state index in [1.807, 2.05) is 27.7 Å². The van der Waals surface area contributed by atoms with Crippen LogP contribution >= 0.6 is 0 Å². The molecule has 6 nitrogen and oxygen atoms in total. The van der Waals surface area contributed by atoms with Gasteiger partial charge in [0.05, 0.1) is 11.9 Å². The summed E-state index contributed by atoms with van der Waals surface area (Å²) in [4.78, 5) is 0. The molecule has 0 spiro atoms. The van der Waals surface area contributed by atoms with E-state index < -0.39 is 5.72 Å². The number of rotatable bonds is 7.